The number of anilines is 1. The molecule has 3 heterocycles. The van der Waals surface area contributed by atoms with Gasteiger partial charge in [0.2, 0.25) is 5.13 Å². The Bertz CT molecular complexity index is 1100. The van der Waals surface area contributed by atoms with Crippen molar-refractivity contribution in [2.75, 3.05) is 5.32 Å². The Morgan fingerprint density at radius 1 is 1.14 bits per heavy atom. The SMILES string of the molecule is Cc1cc(C(=O)Nc2nnc(SCc3ccccc3)s2)c(C)n1Cc1cccs1. The summed E-state index contributed by atoms with van der Waals surface area (Å²) >= 11 is 4.74. The van der Waals surface area contributed by atoms with E-state index in [1.54, 1.807) is 23.1 Å². The molecule has 0 radical (unpaired) electrons. The molecule has 5 nitrogen and oxygen atoms in total. The highest BCUT2D eigenvalue weighted by atomic mass is 32.2. The van der Waals surface area contributed by atoms with Crippen LogP contribution in [0.1, 0.15) is 32.2 Å². The highest BCUT2D eigenvalue weighted by Crippen LogP contribution is 2.29. The van der Waals surface area contributed by atoms with Crippen LogP contribution in [0.3, 0.4) is 0 Å². The maximum absolute atomic E-state index is 12.8. The first kappa shape index (κ1) is 19.9. The monoisotopic (exact) mass is 440 g/mol. The smallest absolute Gasteiger partial charge is 0.259 e. The fourth-order valence-electron chi connectivity index (χ4n) is 3.04. The lowest BCUT2D eigenvalue weighted by atomic mass is 10.2. The molecule has 0 aliphatic rings. The topological polar surface area (TPSA) is 59.8 Å². The molecule has 3 aromatic heterocycles. The third-order valence-corrected chi connectivity index (χ3v) is 7.45. The van der Waals surface area contributed by atoms with Crippen LogP contribution < -0.4 is 5.32 Å². The predicted molar refractivity (Wildman–Crippen MR) is 121 cm³/mol. The summed E-state index contributed by atoms with van der Waals surface area (Å²) in [5.74, 6) is 0.680. The molecule has 1 amide bonds. The van der Waals surface area contributed by atoms with Gasteiger partial charge in [-0.3, -0.25) is 10.1 Å². The molecule has 0 bridgehead atoms. The molecule has 0 unspecified atom stereocenters. The molecule has 0 aliphatic carbocycles. The molecule has 0 spiro atoms. The molecule has 148 valence electrons. The van der Waals surface area contributed by atoms with Crippen molar-refractivity contribution in [3.8, 4) is 0 Å². The van der Waals surface area contributed by atoms with Crippen LogP contribution in [0.2, 0.25) is 0 Å². The minimum Gasteiger partial charge on any atom is -0.343 e. The quantitative estimate of drug-likeness (QED) is 0.300. The van der Waals surface area contributed by atoms with E-state index < -0.39 is 0 Å². The predicted octanol–water partition coefficient (Wildman–Crippen LogP) is 5.61. The van der Waals surface area contributed by atoms with Crippen molar-refractivity contribution >= 4 is 45.5 Å². The number of nitrogens with zero attached hydrogens (tertiary/aromatic N) is 3. The van der Waals surface area contributed by atoms with Gasteiger partial charge in [0.25, 0.3) is 5.91 Å². The van der Waals surface area contributed by atoms with Crippen molar-refractivity contribution in [1.82, 2.24) is 14.8 Å². The average Bonchev–Trinajstić information content (AvgIpc) is 3.45. The summed E-state index contributed by atoms with van der Waals surface area (Å²) in [5, 5.41) is 13.8. The number of thioether (sulfide) groups is 1. The van der Waals surface area contributed by atoms with Gasteiger partial charge in [0.15, 0.2) is 4.34 Å². The molecule has 0 aliphatic heterocycles. The Morgan fingerprint density at radius 2 is 1.97 bits per heavy atom. The zero-order valence-corrected chi connectivity index (χ0v) is 18.5. The maximum atomic E-state index is 12.8. The molecular formula is C21H20N4OS3. The number of nitrogens with one attached hydrogen (secondary N) is 1. The minimum absolute atomic E-state index is 0.147. The van der Waals surface area contributed by atoms with Crippen LogP contribution in [0.25, 0.3) is 0 Å². The van der Waals surface area contributed by atoms with Gasteiger partial charge in [-0.05, 0) is 36.9 Å². The van der Waals surface area contributed by atoms with Gasteiger partial charge in [0.1, 0.15) is 0 Å². The third kappa shape index (κ3) is 4.77. The fourth-order valence-corrected chi connectivity index (χ4v) is 5.43. The van der Waals surface area contributed by atoms with Crippen molar-refractivity contribution < 1.29 is 4.79 Å². The molecule has 0 saturated heterocycles. The second-order valence-electron chi connectivity index (χ2n) is 6.55. The Labute approximate surface area is 181 Å². The third-order valence-electron chi connectivity index (χ3n) is 4.54. The van der Waals surface area contributed by atoms with Crippen LogP contribution in [-0.4, -0.2) is 20.7 Å². The molecule has 0 fully saturated rings. The summed E-state index contributed by atoms with van der Waals surface area (Å²) in [6.45, 7) is 4.79. The number of amides is 1. The van der Waals surface area contributed by atoms with Gasteiger partial charge < -0.3 is 4.57 Å². The maximum Gasteiger partial charge on any atom is 0.259 e. The van der Waals surface area contributed by atoms with Crippen molar-refractivity contribution in [3.63, 3.8) is 0 Å². The van der Waals surface area contributed by atoms with Gasteiger partial charge in [-0.2, -0.15) is 0 Å². The Hall–Kier alpha value is -2.42. The zero-order valence-electron chi connectivity index (χ0n) is 16.1. The number of aromatic nitrogens is 3. The molecule has 0 atom stereocenters. The highest BCUT2D eigenvalue weighted by molar-refractivity contribution is 8.00. The van der Waals surface area contributed by atoms with Crippen molar-refractivity contribution in [3.05, 3.63) is 81.3 Å². The van der Waals surface area contributed by atoms with E-state index in [2.05, 4.69) is 43.7 Å². The number of thiophene rings is 1. The largest absolute Gasteiger partial charge is 0.343 e. The molecule has 1 N–H and O–H groups in total. The number of carbonyl (C=O) groups is 1. The summed E-state index contributed by atoms with van der Waals surface area (Å²) in [6, 6.07) is 16.3. The molecule has 29 heavy (non-hydrogen) atoms. The molecule has 4 rings (SSSR count). The molecule has 8 heteroatoms. The van der Waals surface area contributed by atoms with Crippen LogP contribution in [0.15, 0.2) is 58.3 Å². The van der Waals surface area contributed by atoms with Crippen molar-refractivity contribution in [2.24, 2.45) is 0 Å². The first-order valence-electron chi connectivity index (χ1n) is 9.11. The fraction of sp³-hybridized carbons (Fsp3) is 0.190. The molecule has 4 aromatic rings. The van der Waals surface area contributed by atoms with E-state index in [4.69, 9.17) is 0 Å². The Kier molecular flexibility index (Phi) is 6.13. The zero-order chi connectivity index (χ0) is 20.2. The highest BCUT2D eigenvalue weighted by Gasteiger charge is 2.18. The molecular weight excluding hydrogens is 420 g/mol. The van der Waals surface area contributed by atoms with Crippen LogP contribution in [0.5, 0.6) is 0 Å². The van der Waals surface area contributed by atoms with Crippen molar-refractivity contribution in [2.45, 2.75) is 30.5 Å². The number of hydrogen-bond donors (Lipinski definition) is 1. The second kappa shape index (κ2) is 8.94. The van der Waals surface area contributed by atoms with Gasteiger partial charge in [0.05, 0.1) is 12.1 Å². The van der Waals surface area contributed by atoms with Gasteiger partial charge in [0, 0.05) is 22.0 Å². The van der Waals surface area contributed by atoms with Gasteiger partial charge >= 0.3 is 0 Å². The molecule has 1 aromatic carbocycles. The number of rotatable bonds is 7. The lowest BCUT2D eigenvalue weighted by Gasteiger charge is -2.08. The first-order chi connectivity index (χ1) is 14.1. The standard InChI is InChI=1S/C21H20N4OS3/c1-14-11-18(15(2)25(14)12-17-9-6-10-27-17)19(26)22-20-23-24-21(29-20)28-13-16-7-4-3-5-8-16/h3-11H,12-13H2,1-2H3,(H,22,23,26). The molecule has 0 saturated carbocycles. The number of hydrogen-bond acceptors (Lipinski definition) is 6. The lowest BCUT2D eigenvalue weighted by molar-refractivity contribution is 0.102. The Balaban J connectivity index is 1.41. The summed E-state index contributed by atoms with van der Waals surface area (Å²) in [6.07, 6.45) is 0. The second-order valence-corrected chi connectivity index (χ2v) is 9.78. The summed E-state index contributed by atoms with van der Waals surface area (Å²) in [4.78, 5) is 14.1. The van der Waals surface area contributed by atoms with E-state index in [1.807, 2.05) is 44.2 Å². The summed E-state index contributed by atoms with van der Waals surface area (Å²) in [5.41, 5.74) is 3.93. The normalized spacial score (nSPS) is 11.0. The van der Waals surface area contributed by atoms with Crippen LogP contribution in [-0.2, 0) is 12.3 Å². The Morgan fingerprint density at radius 3 is 2.72 bits per heavy atom. The van der Waals surface area contributed by atoms with Crippen molar-refractivity contribution in [1.29, 1.82) is 0 Å². The van der Waals surface area contributed by atoms with E-state index in [0.717, 1.165) is 28.0 Å². The van der Waals surface area contributed by atoms with Crippen LogP contribution in [0.4, 0.5) is 5.13 Å². The van der Waals surface area contributed by atoms with Gasteiger partial charge in [-0.25, -0.2) is 0 Å². The summed E-state index contributed by atoms with van der Waals surface area (Å²) in [7, 11) is 0. The number of aryl methyl sites for hydroxylation is 1. The number of benzene rings is 1. The van der Waals surface area contributed by atoms with E-state index in [1.165, 1.54) is 21.8 Å². The van der Waals surface area contributed by atoms with Gasteiger partial charge in [-0.15, -0.1) is 21.5 Å². The van der Waals surface area contributed by atoms with Gasteiger partial charge in [-0.1, -0.05) is 59.5 Å². The van der Waals surface area contributed by atoms with E-state index in [-0.39, 0.29) is 5.91 Å². The lowest BCUT2D eigenvalue weighted by Crippen LogP contribution is -2.13. The van der Waals surface area contributed by atoms with Crippen LogP contribution in [0, 0.1) is 13.8 Å². The van der Waals surface area contributed by atoms with E-state index in [9.17, 15) is 4.79 Å². The van der Waals surface area contributed by atoms with Crippen LogP contribution >= 0.6 is 34.4 Å². The average molecular weight is 441 g/mol. The first-order valence-corrected chi connectivity index (χ1v) is 11.8. The van der Waals surface area contributed by atoms with E-state index in [0.29, 0.717) is 10.7 Å². The number of carbonyl (C=O) groups excluding carboxylic acids is 1. The summed E-state index contributed by atoms with van der Waals surface area (Å²) < 4.78 is 3.01. The minimum atomic E-state index is -0.147. The van der Waals surface area contributed by atoms with E-state index >= 15 is 0 Å².